The Balaban J connectivity index is 1.61. The van der Waals surface area contributed by atoms with Crippen LogP contribution in [0.4, 0.5) is 5.69 Å². The Morgan fingerprint density at radius 3 is 2.72 bits per heavy atom. The fourth-order valence-electron chi connectivity index (χ4n) is 3.22. The molecule has 14 nitrogen and oxygen atoms in total. The predicted octanol–water partition coefficient (Wildman–Crippen LogP) is -0.508. The number of carboxylic acid groups (broad SMARTS) is 1. The van der Waals surface area contributed by atoms with Crippen molar-refractivity contribution >= 4 is 41.2 Å². The molecular formula is C17H19N5O9S. The molecule has 1 saturated heterocycles. The molecule has 2 unspecified atom stereocenters. The average molecular weight is 469 g/mol. The Kier molecular flexibility index (Phi) is 6.67. The third kappa shape index (κ3) is 4.51. The average Bonchev–Trinajstić information content (AvgIpc) is 3.17. The van der Waals surface area contributed by atoms with Crippen LogP contribution in [0, 0.1) is 10.1 Å². The van der Waals surface area contributed by atoms with Crippen molar-refractivity contribution in [3.05, 3.63) is 27.6 Å². The van der Waals surface area contributed by atoms with E-state index >= 15 is 0 Å². The second-order valence-electron chi connectivity index (χ2n) is 6.79. The molecule has 1 fully saturated rings. The number of carbonyl (C=O) groups is 4. The van der Waals surface area contributed by atoms with Crippen LogP contribution in [0.2, 0.25) is 0 Å². The monoisotopic (exact) mass is 469 g/mol. The fraction of sp³-hybridized carbons (Fsp3) is 0.471. The molecule has 0 bridgehead atoms. The Morgan fingerprint density at radius 2 is 2.16 bits per heavy atom. The number of hydrogen-bond acceptors (Lipinski definition) is 10. The van der Waals surface area contributed by atoms with Gasteiger partial charge in [0.2, 0.25) is 5.91 Å². The maximum absolute atomic E-state index is 12.5. The van der Waals surface area contributed by atoms with Crippen molar-refractivity contribution in [2.75, 3.05) is 19.5 Å². The lowest BCUT2D eigenvalue weighted by molar-refractivity contribution is -0.385. The number of nitro groups is 1. The summed E-state index contributed by atoms with van der Waals surface area (Å²) in [7, 11) is 1.24. The topological polar surface area (TPSA) is 183 Å². The first kappa shape index (κ1) is 23.1. The number of carboxylic acids is 1. The number of nitrogens with one attached hydrogen (secondary N) is 1. The molecular weight excluding hydrogens is 450 g/mol. The van der Waals surface area contributed by atoms with E-state index in [1.807, 2.05) is 0 Å². The number of methoxy groups -OCH3 is 1. The molecule has 3 heterocycles. The van der Waals surface area contributed by atoms with E-state index in [0.29, 0.717) is 5.57 Å². The van der Waals surface area contributed by atoms with E-state index < -0.39 is 40.1 Å². The number of aliphatic carboxylic acids is 1. The number of rotatable bonds is 9. The number of amides is 2. The maximum atomic E-state index is 12.5. The number of nitrogens with zero attached hydrogens (tertiary/aromatic N) is 4. The van der Waals surface area contributed by atoms with Crippen LogP contribution in [0.15, 0.2) is 17.5 Å². The third-order valence-corrected chi connectivity index (χ3v) is 6.02. The van der Waals surface area contributed by atoms with E-state index in [1.165, 1.54) is 30.5 Å². The molecule has 0 aliphatic carbocycles. The molecule has 2 aliphatic heterocycles. The van der Waals surface area contributed by atoms with Gasteiger partial charge in [-0.05, 0) is 0 Å². The first-order valence-corrected chi connectivity index (χ1v) is 10.3. The number of aromatic nitrogens is 2. The largest absolute Gasteiger partial charge is 0.477 e. The van der Waals surface area contributed by atoms with Gasteiger partial charge in [-0.3, -0.25) is 34.1 Å². The zero-order valence-corrected chi connectivity index (χ0v) is 17.8. The normalized spacial score (nSPS) is 19.7. The SMILES string of the molecule is COc1nn(CCC(=O)NC2C(=O)N3C(C(=O)O)=C(COC(C)=O)CSC23)cc1[N+](=O)[O-]. The van der Waals surface area contributed by atoms with Gasteiger partial charge in [-0.25, -0.2) is 4.79 Å². The van der Waals surface area contributed by atoms with Crippen molar-refractivity contribution in [2.24, 2.45) is 0 Å². The summed E-state index contributed by atoms with van der Waals surface area (Å²) in [5.74, 6) is -2.97. The zero-order chi connectivity index (χ0) is 23.6. The second-order valence-corrected chi connectivity index (χ2v) is 7.89. The second kappa shape index (κ2) is 9.25. The van der Waals surface area contributed by atoms with Crippen LogP contribution in [0.3, 0.4) is 0 Å². The van der Waals surface area contributed by atoms with E-state index in [-0.39, 0.29) is 42.6 Å². The van der Waals surface area contributed by atoms with Crippen LogP contribution in [0.25, 0.3) is 0 Å². The number of β-lactam (4-membered cyclic amide) rings is 1. The van der Waals surface area contributed by atoms with Crippen molar-refractivity contribution in [2.45, 2.75) is 31.3 Å². The lowest BCUT2D eigenvalue weighted by Crippen LogP contribution is -2.70. The van der Waals surface area contributed by atoms with E-state index in [0.717, 1.165) is 11.1 Å². The molecule has 0 aromatic carbocycles. The Morgan fingerprint density at radius 1 is 1.44 bits per heavy atom. The van der Waals surface area contributed by atoms with Gasteiger partial charge in [0.25, 0.3) is 5.91 Å². The first-order chi connectivity index (χ1) is 15.1. The summed E-state index contributed by atoms with van der Waals surface area (Å²) in [6, 6.07) is -0.918. The Bertz CT molecular complexity index is 1020. The fourth-order valence-corrected chi connectivity index (χ4v) is 4.55. The van der Waals surface area contributed by atoms with Gasteiger partial charge in [0.1, 0.15) is 29.9 Å². The molecule has 1 aromatic heterocycles. The summed E-state index contributed by atoms with van der Waals surface area (Å²) < 4.78 is 10.9. The molecule has 172 valence electrons. The van der Waals surface area contributed by atoms with Gasteiger partial charge in [-0.2, -0.15) is 0 Å². The van der Waals surface area contributed by atoms with Gasteiger partial charge in [-0.1, -0.05) is 0 Å². The van der Waals surface area contributed by atoms with Crippen molar-refractivity contribution in [1.82, 2.24) is 20.0 Å². The predicted molar refractivity (Wildman–Crippen MR) is 106 cm³/mol. The van der Waals surface area contributed by atoms with E-state index in [4.69, 9.17) is 9.47 Å². The highest BCUT2D eigenvalue weighted by Crippen LogP contribution is 2.40. The van der Waals surface area contributed by atoms with Crippen molar-refractivity contribution in [3.63, 3.8) is 0 Å². The highest BCUT2D eigenvalue weighted by Gasteiger charge is 2.54. The van der Waals surface area contributed by atoms with E-state index in [2.05, 4.69) is 10.4 Å². The first-order valence-electron chi connectivity index (χ1n) is 9.22. The maximum Gasteiger partial charge on any atom is 0.352 e. The highest BCUT2D eigenvalue weighted by molar-refractivity contribution is 8.00. The van der Waals surface area contributed by atoms with Crippen LogP contribution in [-0.2, 0) is 30.5 Å². The lowest BCUT2D eigenvalue weighted by atomic mass is 10.0. The molecule has 2 aliphatic rings. The van der Waals surface area contributed by atoms with Crippen LogP contribution >= 0.6 is 11.8 Å². The molecule has 2 atom stereocenters. The van der Waals surface area contributed by atoms with Gasteiger partial charge in [-0.15, -0.1) is 16.9 Å². The molecule has 0 saturated carbocycles. The molecule has 2 N–H and O–H groups in total. The lowest BCUT2D eigenvalue weighted by Gasteiger charge is -2.49. The van der Waals surface area contributed by atoms with Gasteiger partial charge >= 0.3 is 23.5 Å². The quantitative estimate of drug-likeness (QED) is 0.205. The molecule has 2 amide bonds. The smallest absolute Gasteiger partial charge is 0.352 e. The van der Waals surface area contributed by atoms with Gasteiger partial charge in [0, 0.05) is 24.7 Å². The molecule has 0 spiro atoms. The van der Waals surface area contributed by atoms with Crippen molar-refractivity contribution in [1.29, 1.82) is 0 Å². The number of ether oxygens (including phenoxy) is 2. The van der Waals surface area contributed by atoms with Crippen molar-refractivity contribution in [3.8, 4) is 5.88 Å². The molecule has 3 rings (SSSR count). The standard InChI is InChI=1S/C17H19N5O9S/c1-8(23)31-6-9-7-32-16-12(15(25)21(16)13(9)17(26)27)18-11(24)3-4-20-5-10(22(28)29)14(19-20)30-2/h5,12,16H,3-4,6-7H2,1-2H3,(H,18,24)(H,26,27). The number of aryl methyl sites for hydroxylation is 1. The Labute approximate surface area is 184 Å². The van der Waals surface area contributed by atoms with Crippen LogP contribution in [-0.4, -0.2) is 79.3 Å². The number of fused-ring (bicyclic) bond motifs is 1. The van der Waals surface area contributed by atoms with Gasteiger partial charge in [0.05, 0.1) is 18.6 Å². The summed E-state index contributed by atoms with van der Waals surface area (Å²) in [6.45, 7) is 0.958. The number of carbonyl (C=O) groups excluding carboxylic acids is 3. The third-order valence-electron chi connectivity index (χ3n) is 4.68. The van der Waals surface area contributed by atoms with E-state index in [1.54, 1.807) is 0 Å². The van der Waals surface area contributed by atoms with Crippen LogP contribution < -0.4 is 10.1 Å². The number of esters is 1. The minimum atomic E-state index is -1.33. The van der Waals surface area contributed by atoms with Gasteiger partial charge < -0.3 is 19.9 Å². The summed E-state index contributed by atoms with van der Waals surface area (Å²) in [5, 5.41) is 26.3. The van der Waals surface area contributed by atoms with E-state index in [9.17, 15) is 34.4 Å². The summed E-state index contributed by atoms with van der Waals surface area (Å²) in [5.41, 5.74) is -0.295. The molecule has 0 radical (unpaired) electrons. The molecule has 1 aromatic rings. The molecule has 32 heavy (non-hydrogen) atoms. The van der Waals surface area contributed by atoms with Crippen LogP contribution in [0.1, 0.15) is 13.3 Å². The Hall–Kier alpha value is -3.62. The minimum Gasteiger partial charge on any atom is -0.477 e. The summed E-state index contributed by atoms with van der Waals surface area (Å²) >= 11 is 1.24. The number of hydrogen-bond donors (Lipinski definition) is 2. The highest BCUT2D eigenvalue weighted by atomic mass is 32.2. The molecule has 15 heteroatoms. The van der Waals surface area contributed by atoms with Crippen molar-refractivity contribution < 1.29 is 38.7 Å². The van der Waals surface area contributed by atoms with Crippen LogP contribution in [0.5, 0.6) is 5.88 Å². The number of thioether (sulfide) groups is 1. The van der Waals surface area contributed by atoms with Gasteiger partial charge in [0.15, 0.2) is 0 Å². The summed E-state index contributed by atoms with van der Waals surface area (Å²) in [6.07, 6.45) is 1.01. The summed E-state index contributed by atoms with van der Waals surface area (Å²) in [4.78, 5) is 58.9. The minimum absolute atomic E-state index is 0.00524. The zero-order valence-electron chi connectivity index (χ0n) is 17.0.